The van der Waals surface area contributed by atoms with Gasteiger partial charge in [-0.05, 0) is 18.2 Å². The maximum atomic E-state index is 10.8. The van der Waals surface area contributed by atoms with Gasteiger partial charge in [-0.1, -0.05) is 11.8 Å². The Morgan fingerprint density at radius 2 is 2.29 bits per heavy atom. The number of carboxylic acid groups (broad SMARTS) is 1. The summed E-state index contributed by atoms with van der Waals surface area (Å²) < 4.78 is 1.63. The van der Waals surface area contributed by atoms with Crippen LogP contribution in [-0.2, 0) is 7.05 Å². The van der Waals surface area contributed by atoms with Gasteiger partial charge in [0.05, 0.1) is 5.56 Å². The average molecular weight is 250 g/mol. The third-order valence-corrected chi connectivity index (χ3v) is 3.17. The molecule has 2 aromatic rings. The average Bonchev–Trinajstić information content (AvgIpc) is 2.64. The second-order valence-electron chi connectivity index (χ2n) is 3.32. The molecule has 1 aromatic carbocycles. The Bertz CT molecular complexity index is 567. The maximum Gasteiger partial charge on any atom is 0.337 e. The SMILES string of the molecule is Cn1ncnc1Sc1ccc(C(=O)O)c(N)c1. The molecule has 1 aromatic heterocycles. The van der Waals surface area contributed by atoms with Crippen molar-refractivity contribution in [1.29, 1.82) is 0 Å². The number of hydrogen-bond donors (Lipinski definition) is 2. The highest BCUT2D eigenvalue weighted by molar-refractivity contribution is 7.99. The van der Waals surface area contributed by atoms with Crippen LogP contribution in [0.5, 0.6) is 0 Å². The van der Waals surface area contributed by atoms with Crippen LogP contribution in [0.1, 0.15) is 10.4 Å². The molecule has 0 unspecified atom stereocenters. The molecule has 7 heteroatoms. The van der Waals surface area contributed by atoms with Crippen LogP contribution in [0.3, 0.4) is 0 Å². The fourth-order valence-corrected chi connectivity index (χ4v) is 2.09. The molecule has 0 aliphatic carbocycles. The van der Waals surface area contributed by atoms with Crippen molar-refractivity contribution in [3.8, 4) is 0 Å². The normalized spacial score (nSPS) is 10.4. The lowest BCUT2D eigenvalue weighted by Gasteiger charge is -2.04. The van der Waals surface area contributed by atoms with Gasteiger partial charge >= 0.3 is 5.97 Å². The third kappa shape index (κ3) is 2.39. The van der Waals surface area contributed by atoms with Crippen molar-refractivity contribution in [2.45, 2.75) is 10.1 Å². The van der Waals surface area contributed by atoms with Gasteiger partial charge in [0, 0.05) is 17.6 Å². The van der Waals surface area contributed by atoms with Crippen molar-refractivity contribution in [1.82, 2.24) is 14.8 Å². The summed E-state index contributed by atoms with van der Waals surface area (Å²) in [4.78, 5) is 15.7. The van der Waals surface area contributed by atoms with E-state index in [1.54, 1.807) is 23.9 Å². The number of nitrogen functional groups attached to an aromatic ring is 1. The summed E-state index contributed by atoms with van der Waals surface area (Å²) in [6, 6.07) is 4.79. The first-order valence-corrected chi connectivity index (χ1v) is 5.54. The zero-order chi connectivity index (χ0) is 12.4. The fourth-order valence-electron chi connectivity index (χ4n) is 1.28. The number of rotatable bonds is 3. The lowest BCUT2D eigenvalue weighted by Crippen LogP contribution is -2.02. The summed E-state index contributed by atoms with van der Waals surface area (Å²) in [6.45, 7) is 0. The van der Waals surface area contributed by atoms with Gasteiger partial charge in [0.1, 0.15) is 6.33 Å². The van der Waals surface area contributed by atoms with Gasteiger partial charge in [0.2, 0.25) is 0 Å². The fraction of sp³-hybridized carbons (Fsp3) is 0.100. The third-order valence-electron chi connectivity index (χ3n) is 2.13. The van der Waals surface area contributed by atoms with Crippen LogP contribution in [0, 0.1) is 0 Å². The maximum absolute atomic E-state index is 10.8. The highest BCUT2D eigenvalue weighted by Crippen LogP contribution is 2.28. The van der Waals surface area contributed by atoms with E-state index in [-0.39, 0.29) is 11.3 Å². The van der Waals surface area contributed by atoms with E-state index in [0.717, 1.165) is 4.90 Å². The number of anilines is 1. The van der Waals surface area contributed by atoms with Crippen molar-refractivity contribution < 1.29 is 9.90 Å². The largest absolute Gasteiger partial charge is 0.478 e. The molecule has 1 heterocycles. The highest BCUT2D eigenvalue weighted by Gasteiger charge is 2.10. The van der Waals surface area contributed by atoms with Crippen LogP contribution in [0.2, 0.25) is 0 Å². The van der Waals surface area contributed by atoms with E-state index in [9.17, 15) is 4.79 Å². The minimum absolute atomic E-state index is 0.104. The van der Waals surface area contributed by atoms with Gasteiger partial charge in [0.25, 0.3) is 0 Å². The van der Waals surface area contributed by atoms with Gasteiger partial charge in [-0.15, -0.1) is 0 Å². The van der Waals surface area contributed by atoms with E-state index in [4.69, 9.17) is 10.8 Å². The number of nitrogens with two attached hydrogens (primary N) is 1. The zero-order valence-electron chi connectivity index (χ0n) is 8.99. The molecule has 6 nitrogen and oxygen atoms in total. The number of carboxylic acids is 1. The Morgan fingerprint density at radius 1 is 1.53 bits per heavy atom. The topological polar surface area (TPSA) is 94.0 Å². The number of benzene rings is 1. The first kappa shape index (κ1) is 11.5. The number of aryl methyl sites for hydroxylation is 1. The van der Waals surface area contributed by atoms with E-state index in [1.165, 1.54) is 24.2 Å². The van der Waals surface area contributed by atoms with E-state index in [1.807, 2.05) is 0 Å². The summed E-state index contributed by atoms with van der Waals surface area (Å²) in [5, 5.41) is 13.5. The van der Waals surface area contributed by atoms with Gasteiger partial charge in [-0.25, -0.2) is 14.5 Å². The first-order chi connectivity index (χ1) is 8.08. The minimum Gasteiger partial charge on any atom is -0.478 e. The lowest BCUT2D eigenvalue weighted by molar-refractivity contribution is 0.0698. The van der Waals surface area contributed by atoms with Crippen LogP contribution in [0.15, 0.2) is 34.6 Å². The zero-order valence-corrected chi connectivity index (χ0v) is 9.81. The van der Waals surface area contributed by atoms with E-state index < -0.39 is 5.97 Å². The number of aromatic nitrogens is 3. The van der Waals surface area contributed by atoms with Crippen molar-refractivity contribution in [2.24, 2.45) is 7.05 Å². The number of carbonyl (C=O) groups is 1. The van der Waals surface area contributed by atoms with Crippen LogP contribution in [0.4, 0.5) is 5.69 Å². The highest BCUT2D eigenvalue weighted by atomic mass is 32.2. The Hall–Kier alpha value is -2.02. The van der Waals surface area contributed by atoms with Gasteiger partial charge in [-0.2, -0.15) is 5.10 Å². The Morgan fingerprint density at radius 3 is 2.82 bits per heavy atom. The summed E-state index contributed by atoms with van der Waals surface area (Å²) in [5.41, 5.74) is 6.00. The van der Waals surface area contributed by atoms with E-state index >= 15 is 0 Å². The molecule has 0 radical (unpaired) electrons. The molecule has 0 fully saturated rings. The van der Waals surface area contributed by atoms with E-state index in [2.05, 4.69) is 10.1 Å². The molecule has 0 atom stereocenters. The Kier molecular flexibility index (Phi) is 3.01. The molecule has 0 spiro atoms. The summed E-state index contributed by atoms with van der Waals surface area (Å²) >= 11 is 1.37. The summed E-state index contributed by atoms with van der Waals surface area (Å²) in [5.74, 6) is -1.03. The monoisotopic (exact) mass is 250 g/mol. The molecule has 0 saturated carbocycles. The Labute approximate surface area is 101 Å². The van der Waals surface area contributed by atoms with Crippen molar-refractivity contribution >= 4 is 23.4 Å². The molecule has 0 saturated heterocycles. The van der Waals surface area contributed by atoms with Crippen LogP contribution in [0.25, 0.3) is 0 Å². The number of nitrogens with zero attached hydrogens (tertiary/aromatic N) is 3. The second kappa shape index (κ2) is 4.46. The van der Waals surface area contributed by atoms with Gasteiger partial charge in [-0.3, -0.25) is 0 Å². The number of aromatic carboxylic acids is 1. The van der Waals surface area contributed by atoms with Crippen LogP contribution >= 0.6 is 11.8 Å². The molecule has 0 aliphatic heterocycles. The van der Waals surface area contributed by atoms with Gasteiger partial charge < -0.3 is 10.8 Å². The van der Waals surface area contributed by atoms with Gasteiger partial charge in [0.15, 0.2) is 5.16 Å². The smallest absolute Gasteiger partial charge is 0.337 e. The van der Waals surface area contributed by atoms with Crippen molar-refractivity contribution in [3.05, 3.63) is 30.1 Å². The van der Waals surface area contributed by atoms with E-state index in [0.29, 0.717) is 5.16 Å². The molecule has 88 valence electrons. The number of hydrogen-bond acceptors (Lipinski definition) is 5. The summed E-state index contributed by atoms with van der Waals surface area (Å²) in [7, 11) is 1.78. The molecule has 3 N–H and O–H groups in total. The molecular formula is C10H10N4O2S. The summed E-state index contributed by atoms with van der Waals surface area (Å²) in [6.07, 6.45) is 1.46. The second-order valence-corrected chi connectivity index (χ2v) is 4.36. The van der Waals surface area contributed by atoms with Crippen molar-refractivity contribution in [3.63, 3.8) is 0 Å². The quantitative estimate of drug-likeness (QED) is 0.796. The Balaban J connectivity index is 2.27. The molecule has 0 bridgehead atoms. The molecule has 0 aliphatic rings. The predicted molar refractivity (Wildman–Crippen MR) is 62.9 cm³/mol. The lowest BCUT2D eigenvalue weighted by atomic mass is 10.2. The van der Waals surface area contributed by atoms with Crippen LogP contribution in [-0.4, -0.2) is 25.8 Å². The van der Waals surface area contributed by atoms with Crippen molar-refractivity contribution in [2.75, 3.05) is 5.73 Å². The minimum atomic E-state index is -1.03. The van der Waals surface area contributed by atoms with Crippen LogP contribution < -0.4 is 5.73 Å². The molecule has 0 amide bonds. The molecular weight excluding hydrogens is 240 g/mol. The molecule has 17 heavy (non-hydrogen) atoms. The first-order valence-electron chi connectivity index (χ1n) is 4.72. The molecule has 2 rings (SSSR count). The standard InChI is InChI=1S/C10H10N4O2S/c1-14-10(12-5-13-14)17-6-2-3-7(9(15)16)8(11)4-6/h2-5H,11H2,1H3,(H,15,16). The predicted octanol–water partition coefficient (Wildman–Crippen LogP) is 1.25.